The minimum Gasteiger partial charge on any atom is -0.369 e. The van der Waals surface area contributed by atoms with Crippen LogP contribution in [0, 0.1) is 6.92 Å². The van der Waals surface area contributed by atoms with Crippen LogP contribution in [0.15, 0.2) is 18.2 Å². The number of nitrogens with zero attached hydrogens (tertiary/aromatic N) is 1. The Morgan fingerprint density at radius 1 is 1.41 bits per heavy atom. The Hall–Kier alpha value is -1.31. The lowest BCUT2D eigenvalue weighted by atomic mass is 10.1. The Bertz CT molecular complexity index is 396. The summed E-state index contributed by atoms with van der Waals surface area (Å²) in [4.78, 5) is 13.3. The van der Waals surface area contributed by atoms with E-state index in [0.717, 1.165) is 30.0 Å². The zero-order valence-corrected chi connectivity index (χ0v) is 10.8. The summed E-state index contributed by atoms with van der Waals surface area (Å²) in [6.45, 7) is 5.38. The molecule has 1 fully saturated rings. The molecular weight excluding hydrogens is 210 g/mol. The van der Waals surface area contributed by atoms with Gasteiger partial charge >= 0.3 is 0 Å². The molecule has 2 rings (SSSR count). The van der Waals surface area contributed by atoms with Gasteiger partial charge in [-0.3, -0.25) is 4.79 Å². The molecule has 1 aromatic rings. The highest BCUT2D eigenvalue weighted by atomic mass is 16.1. The van der Waals surface area contributed by atoms with Crippen LogP contribution in [0.1, 0.15) is 48.5 Å². The molecule has 0 N–H and O–H groups in total. The Balaban J connectivity index is 2.17. The van der Waals surface area contributed by atoms with Crippen LogP contribution in [0.4, 0.5) is 5.69 Å². The average Bonchev–Trinajstić information content (AvgIpc) is 3.14. The van der Waals surface area contributed by atoms with Crippen LogP contribution in [-0.4, -0.2) is 18.9 Å². The summed E-state index contributed by atoms with van der Waals surface area (Å²) in [5, 5.41) is 0. The Kier molecular flexibility index (Phi) is 3.82. The second-order valence-electron chi connectivity index (χ2n) is 4.94. The highest BCUT2D eigenvalue weighted by molar-refractivity contribution is 5.78. The summed E-state index contributed by atoms with van der Waals surface area (Å²) in [6, 6.07) is 6.92. The third-order valence-electron chi connectivity index (χ3n) is 3.45. The van der Waals surface area contributed by atoms with Gasteiger partial charge in [0, 0.05) is 23.8 Å². The van der Waals surface area contributed by atoms with Gasteiger partial charge in [-0.2, -0.15) is 0 Å². The molecule has 0 radical (unpaired) electrons. The van der Waals surface area contributed by atoms with Crippen LogP contribution in [0.3, 0.4) is 0 Å². The number of anilines is 1. The molecule has 2 nitrogen and oxygen atoms in total. The quantitative estimate of drug-likeness (QED) is 0.697. The van der Waals surface area contributed by atoms with Crippen molar-refractivity contribution in [2.75, 3.05) is 11.4 Å². The van der Waals surface area contributed by atoms with Crippen molar-refractivity contribution < 1.29 is 4.79 Å². The van der Waals surface area contributed by atoms with Gasteiger partial charge in [-0.1, -0.05) is 13.3 Å². The monoisotopic (exact) mass is 231 g/mol. The summed E-state index contributed by atoms with van der Waals surface area (Å²) in [5.41, 5.74) is 3.17. The van der Waals surface area contributed by atoms with Crippen molar-refractivity contribution in [3.05, 3.63) is 29.3 Å². The molecule has 1 aliphatic carbocycles. The molecule has 17 heavy (non-hydrogen) atoms. The second kappa shape index (κ2) is 5.35. The summed E-state index contributed by atoms with van der Waals surface area (Å²) >= 11 is 0. The minimum absolute atomic E-state index is 0.739. The maximum absolute atomic E-state index is 10.8. The molecule has 0 aliphatic heterocycles. The molecule has 0 saturated heterocycles. The number of carbonyl (C=O) groups is 1. The van der Waals surface area contributed by atoms with Gasteiger partial charge in [0.2, 0.25) is 0 Å². The fourth-order valence-electron chi connectivity index (χ4n) is 2.21. The first-order valence-electron chi connectivity index (χ1n) is 6.58. The van der Waals surface area contributed by atoms with E-state index in [2.05, 4.69) is 24.0 Å². The van der Waals surface area contributed by atoms with Crippen molar-refractivity contribution in [1.82, 2.24) is 0 Å². The fourth-order valence-corrected chi connectivity index (χ4v) is 2.21. The van der Waals surface area contributed by atoms with Crippen molar-refractivity contribution in [2.24, 2.45) is 0 Å². The number of rotatable bonds is 6. The lowest BCUT2D eigenvalue weighted by Crippen LogP contribution is -2.26. The topological polar surface area (TPSA) is 20.3 Å². The Morgan fingerprint density at radius 3 is 2.71 bits per heavy atom. The average molecular weight is 231 g/mol. The van der Waals surface area contributed by atoms with Gasteiger partial charge in [-0.25, -0.2) is 0 Å². The first-order valence-corrected chi connectivity index (χ1v) is 6.58. The summed E-state index contributed by atoms with van der Waals surface area (Å²) in [6.07, 6.45) is 6.04. The predicted molar refractivity (Wildman–Crippen MR) is 71.8 cm³/mol. The fraction of sp³-hybridized carbons (Fsp3) is 0.533. The number of benzene rings is 1. The molecule has 0 unspecified atom stereocenters. The van der Waals surface area contributed by atoms with Gasteiger partial charge < -0.3 is 4.90 Å². The van der Waals surface area contributed by atoms with E-state index in [1.807, 2.05) is 13.0 Å². The summed E-state index contributed by atoms with van der Waals surface area (Å²) in [7, 11) is 0. The Labute approximate surface area is 104 Å². The van der Waals surface area contributed by atoms with Crippen LogP contribution >= 0.6 is 0 Å². The van der Waals surface area contributed by atoms with Gasteiger partial charge in [0.05, 0.1) is 0 Å². The van der Waals surface area contributed by atoms with Crippen molar-refractivity contribution in [2.45, 2.75) is 45.6 Å². The van der Waals surface area contributed by atoms with E-state index in [9.17, 15) is 4.79 Å². The highest BCUT2D eigenvalue weighted by Crippen LogP contribution is 2.32. The summed E-state index contributed by atoms with van der Waals surface area (Å²) in [5.74, 6) is 0. The number of hydrogen-bond donors (Lipinski definition) is 0. The number of unbranched alkanes of at least 4 members (excludes halogenated alkanes) is 1. The van der Waals surface area contributed by atoms with Gasteiger partial charge in [0.15, 0.2) is 0 Å². The number of hydrogen-bond acceptors (Lipinski definition) is 2. The van der Waals surface area contributed by atoms with Crippen LogP contribution in [0.5, 0.6) is 0 Å². The zero-order valence-electron chi connectivity index (χ0n) is 10.8. The van der Waals surface area contributed by atoms with Crippen LogP contribution in [-0.2, 0) is 0 Å². The molecule has 1 aromatic carbocycles. The number of aryl methyl sites for hydroxylation is 1. The molecule has 0 amide bonds. The number of aldehydes is 1. The van der Waals surface area contributed by atoms with E-state index in [0.29, 0.717) is 0 Å². The highest BCUT2D eigenvalue weighted by Gasteiger charge is 2.28. The lowest BCUT2D eigenvalue weighted by Gasteiger charge is -2.25. The van der Waals surface area contributed by atoms with E-state index in [1.54, 1.807) is 0 Å². The van der Waals surface area contributed by atoms with Crippen molar-refractivity contribution in [3.63, 3.8) is 0 Å². The normalized spacial score (nSPS) is 14.7. The first kappa shape index (κ1) is 12.2. The Morgan fingerprint density at radius 2 is 2.18 bits per heavy atom. The lowest BCUT2D eigenvalue weighted by molar-refractivity contribution is 0.112. The third-order valence-corrected chi connectivity index (χ3v) is 3.45. The van der Waals surface area contributed by atoms with E-state index >= 15 is 0 Å². The molecule has 0 heterocycles. The maximum Gasteiger partial charge on any atom is 0.150 e. The molecule has 0 aromatic heterocycles. The molecule has 92 valence electrons. The molecule has 1 aliphatic rings. The standard InChI is InChI=1S/C15H21NO/c1-3-4-9-16(14-7-8-14)15-6-5-13(11-17)12(2)10-15/h5-6,10-11,14H,3-4,7-9H2,1-2H3. The van der Waals surface area contributed by atoms with E-state index in [4.69, 9.17) is 0 Å². The van der Waals surface area contributed by atoms with E-state index in [1.165, 1.54) is 31.4 Å². The minimum atomic E-state index is 0.739. The SMILES string of the molecule is CCCCN(c1ccc(C=O)c(C)c1)C1CC1. The van der Waals surface area contributed by atoms with Crippen molar-refractivity contribution in [3.8, 4) is 0 Å². The van der Waals surface area contributed by atoms with Gasteiger partial charge in [-0.05, 0) is 49.9 Å². The molecule has 1 saturated carbocycles. The summed E-state index contributed by atoms with van der Waals surface area (Å²) < 4.78 is 0. The van der Waals surface area contributed by atoms with Crippen LogP contribution in [0.2, 0.25) is 0 Å². The van der Waals surface area contributed by atoms with Crippen LogP contribution < -0.4 is 4.90 Å². The van der Waals surface area contributed by atoms with Gasteiger partial charge in [0.1, 0.15) is 6.29 Å². The maximum atomic E-state index is 10.8. The second-order valence-corrected chi connectivity index (χ2v) is 4.94. The van der Waals surface area contributed by atoms with Crippen molar-refractivity contribution in [1.29, 1.82) is 0 Å². The van der Waals surface area contributed by atoms with Crippen LogP contribution in [0.25, 0.3) is 0 Å². The third kappa shape index (κ3) is 2.87. The zero-order chi connectivity index (χ0) is 12.3. The molecule has 0 atom stereocenters. The first-order chi connectivity index (χ1) is 8.26. The predicted octanol–water partition coefficient (Wildman–Crippen LogP) is 3.58. The van der Waals surface area contributed by atoms with Gasteiger partial charge in [0.25, 0.3) is 0 Å². The van der Waals surface area contributed by atoms with E-state index < -0.39 is 0 Å². The molecule has 0 bridgehead atoms. The molecule has 2 heteroatoms. The molecular formula is C15H21NO. The smallest absolute Gasteiger partial charge is 0.150 e. The van der Waals surface area contributed by atoms with Crippen molar-refractivity contribution >= 4 is 12.0 Å². The van der Waals surface area contributed by atoms with Gasteiger partial charge in [-0.15, -0.1) is 0 Å². The van der Waals surface area contributed by atoms with E-state index in [-0.39, 0.29) is 0 Å². The number of carbonyl (C=O) groups excluding carboxylic acids is 1. The largest absolute Gasteiger partial charge is 0.369 e. The molecule has 0 spiro atoms.